The van der Waals surface area contributed by atoms with Gasteiger partial charge >= 0.3 is 0 Å². The van der Waals surface area contributed by atoms with E-state index in [1.165, 1.54) is 22.3 Å². The summed E-state index contributed by atoms with van der Waals surface area (Å²) in [6.45, 7) is 4.78. The molecule has 0 radical (unpaired) electrons. The van der Waals surface area contributed by atoms with E-state index in [-0.39, 0.29) is 9.74 Å². The monoisotopic (exact) mass is 416 g/mol. The summed E-state index contributed by atoms with van der Waals surface area (Å²) in [6.07, 6.45) is 0. The molecule has 2 aliphatic heterocycles. The summed E-state index contributed by atoms with van der Waals surface area (Å²) in [5.74, 6) is 0.478. The van der Waals surface area contributed by atoms with Crippen molar-refractivity contribution < 1.29 is 4.74 Å². The van der Waals surface area contributed by atoms with Crippen molar-refractivity contribution in [2.24, 2.45) is 11.3 Å². The SMILES string of the molecule is C[C@H]1[C@]2(C)[C@]3(c4ccccc4)O[C@@](c4ccccc4)(c4ccccc43)[C@]12Br. The van der Waals surface area contributed by atoms with E-state index < -0.39 is 11.2 Å². The average Bonchev–Trinajstić information content (AvgIpc) is 3.02. The van der Waals surface area contributed by atoms with Gasteiger partial charge in [0.05, 0.1) is 4.32 Å². The number of hydrogen-bond acceptors (Lipinski definition) is 1. The van der Waals surface area contributed by atoms with Gasteiger partial charge in [-0.25, -0.2) is 0 Å². The predicted molar refractivity (Wildman–Crippen MR) is 111 cm³/mol. The Balaban J connectivity index is 1.77. The molecule has 3 aliphatic rings. The number of benzene rings is 3. The third-order valence-electron chi connectivity index (χ3n) is 7.73. The topological polar surface area (TPSA) is 9.23 Å². The second kappa shape index (κ2) is 4.74. The van der Waals surface area contributed by atoms with Crippen LogP contribution >= 0.6 is 15.9 Å². The van der Waals surface area contributed by atoms with E-state index in [2.05, 4.69) is 115 Å². The van der Waals surface area contributed by atoms with Gasteiger partial charge in [-0.2, -0.15) is 0 Å². The van der Waals surface area contributed by atoms with Gasteiger partial charge in [0.1, 0.15) is 11.2 Å². The molecule has 0 unspecified atom stereocenters. The molecule has 0 amide bonds. The minimum atomic E-state index is -0.477. The smallest absolute Gasteiger partial charge is 0.136 e. The summed E-state index contributed by atoms with van der Waals surface area (Å²) in [4.78, 5) is 0. The molecule has 0 N–H and O–H groups in total. The molecule has 134 valence electrons. The van der Waals surface area contributed by atoms with Crippen LogP contribution in [0.2, 0.25) is 0 Å². The molecule has 2 fully saturated rings. The van der Waals surface area contributed by atoms with E-state index in [9.17, 15) is 0 Å². The summed E-state index contributed by atoms with van der Waals surface area (Å²) in [5, 5.41) is 0. The Bertz CT molecular complexity index is 979. The lowest BCUT2D eigenvalue weighted by atomic mass is 9.66. The molecule has 3 aromatic rings. The molecule has 0 spiro atoms. The quantitative estimate of drug-likeness (QED) is 0.464. The van der Waals surface area contributed by atoms with Crippen LogP contribution in [0, 0.1) is 11.3 Å². The Morgan fingerprint density at radius 2 is 1.15 bits per heavy atom. The van der Waals surface area contributed by atoms with Gasteiger partial charge in [0, 0.05) is 5.41 Å². The first-order chi connectivity index (χ1) is 13.0. The summed E-state index contributed by atoms with van der Waals surface area (Å²) >= 11 is 4.27. The van der Waals surface area contributed by atoms with Crippen molar-refractivity contribution in [2.45, 2.75) is 29.4 Å². The van der Waals surface area contributed by atoms with Crippen LogP contribution in [0.25, 0.3) is 0 Å². The third-order valence-corrected chi connectivity index (χ3v) is 9.80. The highest BCUT2D eigenvalue weighted by molar-refractivity contribution is 9.10. The summed E-state index contributed by atoms with van der Waals surface area (Å²) in [7, 11) is 0. The summed E-state index contributed by atoms with van der Waals surface area (Å²) < 4.78 is 7.16. The standard InChI is InChI=1S/C25H21BrO/c1-17-22(2)23(18-11-5-3-6-12-18)20-15-9-10-16-21(20)24(27-23,25(17,22)26)19-13-7-4-8-14-19/h3-17H,1-2H3/t17-,22+,23+,24-,25-/m0/s1. The molecule has 1 saturated heterocycles. The van der Waals surface area contributed by atoms with Gasteiger partial charge in [0.2, 0.25) is 0 Å². The lowest BCUT2D eigenvalue weighted by Crippen LogP contribution is -2.40. The molecule has 1 nitrogen and oxygen atoms in total. The molecule has 6 rings (SSSR count). The maximum Gasteiger partial charge on any atom is 0.136 e. The van der Waals surface area contributed by atoms with Crippen LogP contribution < -0.4 is 0 Å². The first-order valence-electron chi connectivity index (χ1n) is 9.65. The van der Waals surface area contributed by atoms with Gasteiger partial charge in [0.25, 0.3) is 0 Å². The van der Waals surface area contributed by atoms with Crippen LogP contribution in [0.15, 0.2) is 84.9 Å². The fraction of sp³-hybridized carbons (Fsp3) is 0.280. The van der Waals surface area contributed by atoms with Crippen molar-refractivity contribution >= 4 is 15.9 Å². The number of fused-ring (bicyclic) bond motifs is 8. The lowest BCUT2D eigenvalue weighted by molar-refractivity contribution is -0.0904. The normalized spacial score (nSPS) is 40.5. The summed E-state index contributed by atoms with van der Waals surface area (Å²) in [5.41, 5.74) is 4.17. The zero-order chi connectivity index (χ0) is 18.5. The molecular weight excluding hydrogens is 396 g/mol. The van der Waals surface area contributed by atoms with Gasteiger partial charge in [-0.05, 0) is 28.2 Å². The number of ether oxygens (including phenoxy) is 1. The van der Waals surface area contributed by atoms with E-state index >= 15 is 0 Å². The molecule has 5 atom stereocenters. The van der Waals surface area contributed by atoms with Crippen LogP contribution in [-0.4, -0.2) is 4.32 Å². The minimum Gasteiger partial charge on any atom is -0.347 e. The van der Waals surface area contributed by atoms with Crippen molar-refractivity contribution in [3.63, 3.8) is 0 Å². The van der Waals surface area contributed by atoms with Crippen LogP contribution in [0.3, 0.4) is 0 Å². The number of hydrogen-bond donors (Lipinski definition) is 0. The number of halogens is 1. The van der Waals surface area contributed by atoms with E-state index in [0.717, 1.165) is 0 Å². The predicted octanol–water partition coefficient (Wildman–Crippen LogP) is 6.01. The highest BCUT2D eigenvalue weighted by Crippen LogP contribution is 2.91. The van der Waals surface area contributed by atoms with Crippen molar-refractivity contribution in [1.82, 2.24) is 0 Å². The number of rotatable bonds is 2. The molecule has 1 saturated carbocycles. The third kappa shape index (κ3) is 1.39. The zero-order valence-corrected chi connectivity index (χ0v) is 17.0. The first kappa shape index (κ1) is 16.1. The second-order valence-electron chi connectivity index (χ2n) is 8.38. The second-order valence-corrected chi connectivity index (χ2v) is 9.63. The van der Waals surface area contributed by atoms with Crippen molar-refractivity contribution in [3.05, 3.63) is 107 Å². The van der Waals surface area contributed by atoms with Gasteiger partial charge in [0.15, 0.2) is 0 Å². The Labute approximate surface area is 168 Å². The Kier molecular flexibility index (Phi) is 2.82. The summed E-state index contributed by atoms with van der Waals surface area (Å²) in [6, 6.07) is 30.4. The van der Waals surface area contributed by atoms with Crippen LogP contribution in [0.5, 0.6) is 0 Å². The molecule has 3 aromatic carbocycles. The molecule has 1 aliphatic carbocycles. The largest absolute Gasteiger partial charge is 0.347 e. The van der Waals surface area contributed by atoms with Gasteiger partial charge < -0.3 is 4.74 Å². The molecule has 0 aromatic heterocycles. The van der Waals surface area contributed by atoms with Crippen molar-refractivity contribution in [1.29, 1.82) is 0 Å². The van der Waals surface area contributed by atoms with Gasteiger partial charge in [-0.1, -0.05) is 115 Å². The van der Waals surface area contributed by atoms with Crippen molar-refractivity contribution in [2.75, 3.05) is 0 Å². The Morgan fingerprint density at radius 1 is 0.704 bits per heavy atom. The maximum atomic E-state index is 7.28. The highest BCUT2D eigenvalue weighted by atomic mass is 79.9. The lowest BCUT2D eigenvalue weighted by Gasteiger charge is -2.36. The Morgan fingerprint density at radius 3 is 1.70 bits per heavy atom. The highest BCUT2D eigenvalue weighted by Gasteiger charge is 2.95. The fourth-order valence-corrected chi connectivity index (χ4v) is 7.89. The first-order valence-corrected chi connectivity index (χ1v) is 10.4. The van der Waals surface area contributed by atoms with Crippen LogP contribution in [0.1, 0.15) is 36.1 Å². The molecule has 27 heavy (non-hydrogen) atoms. The van der Waals surface area contributed by atoms with Gasteiger partial charge in [-0.15, -0.1) is 0 Å². The van der Waals surface area contributed by atoms with E-state index in [0.29, 0.717) is 5.92 Å². The fourth-order valence-electron chi connectivity index (χ4n) is 6.40. The van der Waals surface area contributed by atoms with Crippen molar-refractivity contribution in [3.8, 4) is 0 Å². The average molecular weight is 417 g/mol. The van der Waals surface area contributed by atoms with E-state index in [1.807, 2.05) is 0 Å². The Hall–Kier alpha value is -1.90. The van der Waals surface area contributed by atoms with Gasteiger partial charge in [-0.3, -0.25) is 0 Å². The van der Waals surface area contributed by atoms with E-state index in [1.54, 1.807) is 0 Å². The van der Waals surface area contributed by atoms with E-state index in [4.69, 9.17) is 4.74 Å². The number of alkyl halides is 1. The molecular formula is C25H21BrO. The molecule has 2 bridgehead atoms. The molecule has 2 heteroatoms. The maximum absolute atomic E-state index is 7.28. The zero-order valence-electron chi connectivity index (χ0n) is 15.4. The van der Waals surface area contributed by atoms with Crippen LogP contribution in [-0.2, 0) is 15.9 Å². The van der Waals surface area contributed by atoms with Crippen LogP contribution in [0.4, 0.5) is 0 Å². The minimum absolute atomic E-state index is 0.0223. The molecule has 2 heterocycles.